The molecule has 3 amide bonds. The molecule has 0 unspecified atom stereocenters. The van der Waals surface area contributed by atoms with Crippen molar-refractivity contribution in [2.75, 3.05) is 13.1 Å². The third-order valence-corrected chi connectivity index (χ3v) is 1.77. The van der Waals surface area contributed by atoms with Gasteiger partial charge in [0.25, 0.3) is 0 Å². The molecule has 0 fully saturated rings. The van der Waals surface area contributed by atoms with E-state index in [0.29, 0.717) is 0 Å². The molecule has 18 heavy (non-hydrogen) atoms. The summed E-state index contributed by atoms with van der Waals surface area (Å²) in [5.41, 5.74) is 4.73. The van der Waals surface area contributed by atoms with Gasteiger partial charge >= 0.3 is 12.1 Å². The second-order valence-corrected chi connectivity index (χ2v) is 4.68. The van der Waals surface area contributed by atoms with Crippen molar-refractivity contribution in [1.82, 2.24) is 10.2 Å². The highest BCUT2D eigenvalue weighted by molar-refractivity contribution is 5.91. The Morgan fingerprint density at radius 3 is 2.44 bits per heavy atom. The lowest BCUT2D eigenvalue weighted by atomic mass is 10.2. The van der Waals surface area contributed by atoms with Gasteiger partial charge in [-0.2, -0.15) is 0 Å². The van der Waals surface area contributed by atoms with Crippen LogP contribution in [-0.4, -0.2) is 35.7 Å². The number of ether oxygens (including phenoxy) is 1. The molecular weight excluding hydrogens is 234 g/mol. The van der Waals surface area contributed by atoms with Gasteiger partial charge in [-0.15, -0.1) is 0 Å². The first-order valence-corrected chi connectivity index (χ1v) is 5.98. The molecule has 0 atom stereocenters. The number of rotatable bonds is 4. The molecule has 0 saturated heterocycles. The molecule has 6 nitrogen and oxygen atoms in total. The highest BCUT2D eigenvalue weighted by Crippen LogP contribution is 2.09. The topological polar surface area (TPSA) is 84.7 Å². The number of amides is 3. The molecule has 0 spiro atoms. The van der Waals surface area contributed by atoms with E-state index in [9.17, 15) is 9.59 Å². The second-order valence-electron chi connectivity index (χ2n) is 4.68. The zero-order valence-electron chi connectivity index (χ0n) is 11.5. The summed E-state index contributed by atoms with van der Waals surface area (Å²) in [6.07, 6.45) is 3.36. The second kappa shape index (κ2) is 7.71. The number of nitrogens with zero attached hydrogens (tertiary/aromatic N) is 1. The maximum atomic E-state index is 11.8. The Morgan fingerprint density at radius 1 is 1.39 bits per heavy atom. The summed E-state index contributed by atoms with van der Waals surface area (Å²) in [5, 5.41) is 2.49. The number of hydrogen-bond donors (Lipinski definition) is 2. The Balaban J connectivity index is 4.58. The first kappa shape index (κ1) is 16.4. The van der Waals surface area contributed by atoms with E-state index < -0.39 is 17.7 Å². The van der Waals surface area contributed by atoms with E-state index >= 15 is 0 Å². The zero-order chi connectivity index (χ0) is 14.2. The van der Waals surface area contributed by atoms with Crippen LogP contribution < -0.4 is 11.1 Å². The van der Waals surface area contributed by atoms with Crippen molar-refractivity contribution in [3.63, 3.8) is 0 Å². The zero-order valence-corrected chi connectivity index (χ0v) is 11.5. The van der Waals surface area contributed by atoms with Crippen LogP contribution in [0.1, 0.15) is 34.1 Å². The van der Waals surface area contributed by atoms with Gasteiger partial charge < -0.3 is 15.8 Å². The SMILES string of the molecule is CC/C=C/NC(=O)N(CCN)C(=O)OC(C)(C)C. The van der Waals surface area contributed by atoms with Gasteiger partial charge in [-0.05, 0) is 27.2 Å². The van der Waals surface area contributed by atoms with Gasteiger partial charge in [0, 0.05) is 19.3 Å². The van der Waals surface area contributed by atoms with E-state index in [-0.39, 0.29) is 13.1 Å². The summed E-state index contributed by atoms with van der Waals surface area (Å²) < 4.78 is 5.13. The highest BCUT2D eigenvalue weighted by Gasteiger charge is 2.26. The first-order valence-electron chi connectivity index (χ1n) is 5.98. The van der Waals surface area contributed by atoms with Crippen molar-refractivity contribution in [1.29, 1.82) is 0 Å². The van der Waals surface area contributed by atoms with Gasteiger partial charge in [0.15, 0.2) is 0 Å². The molecule has 3 N–H and O–H groups in total. The van der Waals surface area contributed by atoms with E-state index in [4.69, 9.17) is 10.5 Å². The van der Waals surface area contributed by atoms with Gasteiger partial charge in [0.1, 0.15) is 5.60 Å². The van der Waals surface area contributed by atoms with Crippen LogP contribution in [0, 0.1) is 0 Å². The standard InChI is InChI=1S/C12H23N3O3/c1-5-6-8-14-10(16)15(9-7-13)11(17)18-12(2,3)4/h6,8H,5,7,9,13H2,1-4H3,(H,14,16)/b8-6+. The molecule has 0 aliphatic carbocycles. The summed E-state index contributed by atoms with van der Waals surface area (Å²) >= 11 is 0. The van der Waals surface area contributed by atoms with Crippen molar-refractivity contribution in [2.45, 2.75) is 39.7 Å². The Morgan fingerprint density at radius 2 is 2.00 bits per heavy atom. The predicted octanol–water partition coefficient (Wildman–Crippen LogP) is 1.82. The molecule has 0 radical (unpaired) electrons. The number of hydrogen-bond acceptors (Lipinski definition) is 4. The number of carbonyl (C=O) groups is 2. The Hall–Kier alpha value is -1.56. The highest BCUT2D eigenvalue weighted by atomic mass is 16.6. The monoisotopic (exact) mass is 257 g/mol. The van der Waals surface area contributed by atoms with Crippen molar-refractivity contribution in [2.24, 2.45) is 5.73 Å². The van der Waals surface area contributed by atoms with E-state index in [2.05, 4.69) is 5.32 Å². The Labute approximate surface area is 108 Å². The number of nitrogens with one attached hydrogen (secondary N) is 1. The van der Waals surface area contributed by atoms with Gasteiger partial charge in [-0.25, -0.2) is 14.5 Å². The molecule has 0 saturated carbocycles. The van der Waals surface area contributed by atoms with Gasteiger partial charge in [-0.3, -0.25) is 0 Å². The van der Waals surface area contributed by atoms with E-state index in [1.807, 2.05) is 6.92 Å². The number of allylic oxidation sites excluding steroid dienone is 1. The minimum atomic E-state index is -0.699. The summed E-state index contributed by atoms with van der Waals surface area (Å²) in [5.74, 6) is 0. The van der Waals surface area contributed by atoms with Gasteiger partial charge in [0.2, 0.25) is 0 Å². The van der Waals surface area contributed by atoms with Crippen LogP contribution in [0.4, 0.5) is 9.59 Å². The van der Waals surface area contributed by atoms with Gasteiger partial charge in [-0.1, -0.05) is 13.0 Å². The lowest BCUT2D eigenvalue weighted by Gasteiger charge is -2.25. The fourth-order valence-corrected chi connectivity index (χ4v) is 1.05. The molecular formula is C12H23N3O3. The van der Waals surface area contributed by atoms with Crippen LogP contribution in [0.2, 0.25) is 0 Å². The van der Waals surface area contributed by atoms with E-state index in [1.165, 1.54) is 6.20 Å². The first-order chi connectivity index (χ1) is 8.31. The van der Waals surface area contributed by atoms with Crippen LogP contribution in [0.3, 0.4) is 0 Å². The molecule has 0 aliphatic rings. The molecule has 0 aliphatic heterocycles. The molecule has 0 aromatic rings. The summed E-state index contributed by atoms with van der Waals surface area (Å²) in [7, 11) is 0. The third kappa shape index (κ3) is 6.90. The minimum Gasteiger partial charge on any atom is -0.443 e. The maximum absolute atomic E-state index is 11.8. The number of urea groups is 1. The minimum absolute atomic E-state index is 0.112. The molecule has 6 heteroatoms. The van der Waals surface area contributed by atoms with Crippen LogP contribution >= 0.6 is 0 Å². The maximum Gasteiger partial charge on any atom is 0.418 e. The molecule has 0 aromatic heterocycles. The number of carbonyl (C=O) groups excluding carboxylic acids is 2. The molecule has 0 heterocycles. The average molecular weight is 257 g/mol. The summed E-state index contributed by atoms with van der Waals surface area (Å²) in [6.45, 7) is 7.44. The van der Waals surface area contributed by atoms with Crippen molar-refractivity contribution >= 4 is 12.1 Å². The lowest BCUT2D eigenvalue weighted by molar-refractivity contribution is 0.0328. The van der Waals surface area contributed by atoms with Crippen molar-refractivity contribution in [3.8, 4) is 0 Å². The van der Waals surface area contributed by atoms with Crippen LogP contribution in [0.15, 0.2) is 12.3 Å². The molecule has 0 aromatic carbocycles. The van der Waals surface area contributed by atoms with Crippen LogP contribution in [0.25, 0.3) is 0 Å². The van der Waals surface area contributed by atoms with Crippen molar-refractivity contribution < 1.29 is 14.3 Å². The molecule has 0 rings (SSSR count). The average Bonchev–Trinajstić information content (AvgIpc) is 2.23. The normalized spacial score (nSPS) is 11.4. The summed E-state index contributed by atoms with van der Waals surface area (Å²) in [4.78, 5) is 24.5. The Kier molecular flexibility index (Phi) is 7.04. The summed E-state index contributed by atoms with van der Waals surface area (Å²) in [6, 6.07) is -0.542. The fraction of sp³-hybridized carbons (Fsp3) is 0.667. The molecule has 0 bridgehead atoms. The van der Waals surface area contributed by atoms with E-state index in [0.717, 1.165) is 11.3 Å². The van der Waals surface area contributed by atoms with Gasteiger partial charge in [0.05, 0.1) is 0 Å². The van der Waals surface area contributed by atoms with Crippen LogP contribution in [0.5, 0.6) is 0 Å². The smallest absolute Gasteiger partial charge is 0.418 e. The predicted molar refractivity (Wildman–Crippen MR) is 70.0 cm³/mol. The van der Waals surface area contributed by atoms with E-state index in [1.54, 1.807) is 26.8 Å². The Bertz CT molecular complexity index is 308. The molecule has 104 valence electrons. The lowest BCUT2D eigenvalue weighted by Crippen LogP contribution is -2.46. The largest absolute Gasteiger partial charge is 0.443 e. The van der Waals surface area contributed by atoms with Crippen molar-refractivity contribution in [3.05, 3.63) is 12.3 Å². The van der Waals surface area contributed by atoms with Crippen LogP contribution in [-0.2, 0) is 4.74 Å². The fourth-order valence-electron chi connectivity index (χ4n) is 1.05. The number of nitrogens with two attached hydrogens (primary N) is 1. The number of imide groups is 1. The third-order valence-electron chi connectivity index (χ3n) is 1.77. The quantitative estimate of drug-likeness (QED) is 0.804.